The van der Waals surface area contributed by atoms with Crippen LogP contribution in [0.1, 0.15) is 24.5 Å². The summed E-state index contributed by atoms with van der Waals surface area (Å²) in [7, 11) is 1.91. The van der Waals surface area contributed by atoms with Gasteiger partial charge in [0.2, 0.25) is 5.89 Å². The smallest absolute Gasteiger partial charge is 0.227 e. The molecule has 1 N–H and O–H groups in total. The highest BCUT2D eigenvalue weighted by atomic mass is 35.5. The van der Waals surface area contributed by atoms with Gasteiger partial charge in [0.15, 0.2) is 17.5 Å². The van der Waals surface area contributed by atoms with Crippen molar-refractivity contribution in [3.63, 3.8) is 0 Å². The first kappa shape index (κ1) is 16.7. The van der Waals surface area contributed by atoms with Gasteiger partial charge in [-0.25, -0.2) is 4.98 Å². The van der Waals surface area contributed by atoms with E-state index in [0.29, 0.717) is 47.3 Å². The largest absolute Gasteiger partial charge is 0.441 e. The first-order valence-electron chi connectivity index (χ1n) is 7.84. The van der Waals surface area contributed by atoms with E-state index in [4.69, 9.17) is 20.5 Å². The summed E-state index contributed by atoms with van der Waals surface area (Å²) in [4.78, 5) is 8.68. The number of benzene rings is 1. The van der Waals surface area contributed by atoms with Crippen LogP contribution in [0.5, 0.6) is 0 Å². The van der Waals surface area contributed by atoms with Crippen molar-refractivity contribution in [3.8, 4) is 11.3 Å². The van der Waals surface area contributed by atoms with Crippen molar-refractivity contribution in [1.82, 2.24) is 20.4 Å². The van der Waals surface area contributed by atoms with Gasteiger partial charge in [0.25, 0.3) is 0 Å². The van der Waals surface area contributed by atoms with Gasteiger partial charge in [-0.2, -0.15) is 4.98 Å². The second kappa shape index (κ2) is 7.59. The van der Waals surface area contributed by atoms with Crippen LogP contribution in [0.15, 0.2) is 39.4 Å². The van der Waals surface area contributed by atoms with Gasteiger partial charge in [0.05, 0.1) is 11.2 Å². The summed E-state index contributed by atoms with van der Waals surface area (Å²) >= 11 is 6.17. The summed E-state index contributed by atoms with van der Waals surface area (Å²) in [5.74, 6) is 2.57. The summed E-state index contributed by atoms with van der Waals surface area (Å²) in [6, 6.07) is 7.83. The fourth-order valence-corrected chi connectivity index (χ4v) is 2.50. The summed E-state index contributed by atoms with van der Waals surface area (Å²) in [6.07, 6.45) is 3.59. The fourth-order valence-electron chi connectivity index (χ4n) is 2.28. The molecule has 0 aliphatic carbocycles. The topological polar surface area (TPSA) is 77.0 Å². The van der Waals surface area contributed by atoms with Gasteiger partial charge >= 0.3 is 0 Å². The molecule has 0 fully saturated rings. The van der Waals surface area contributed by atoms with Crippen LogP contribution >= 0.6 is 11.6 Å². The Morgan fingerprint density at radius 1 is 1.21 bits per heavy atom. The number of hydrogen-bond donors (Lipinski definition) is 1. The zero-order valence-electron chi connectivity index (χ0n) is 13.6. The van der Waals surface area contributed by atoms with Crippen LogP contribution in [0.4, 0.5) is 0 Å². The Morgan fingerprint density at radius 3 is 2.79 bits per heavy atom. The monoisotopic (exact) mass is 346 g/mol. The SMILES string of the molecule is CNC(C)Cc1noc(CCc2ncc(-c3ccccc3Cl)o2)n1. The molecule has 0 saturated heterocycles. The third kappa shape index (κ3) is 4.01. The number of oxazole rings is 1. The summed E-state index contributed by atoms with van der Waals surface area (Å²) in [6.45, 7) is 2.07. The maximum atomic E-state index is 6.17. The zero-order valence-corrected chi connectivity index (χ0v) is 14.4. The predicted molar refractivity (Wildman–Crippen MR) is 90.9 cm³/mol. The maximum Gasteiger partial charge on any atom is 0.227 e. The summed E-state index contributed by atoms with van der Waals surface area (Å²) in [5, 5.41) is 7.77. The quantitative estimate of drug-likeness (QED) is 0.707. The van der Waals surface area contributed by atoms with Gasteiger partial charge in [-0.1, -0.05) is 28.9 Å². The summed E-state index contributed by atoms with van der Waals surface area (Å²) in [5.41, 5.74) is 0.832. The van der Waals surface area contributed by atoms with Crippen molar-refractivity contribution in [2.75, 3.05) is 7.05 Å². The van der Waals surface area contributed by atoms with Crippen LogP contribution < -0.4 is 5.32 Å². The van der Waals surface area contributed by atoms with E-state index in [1.807, 2.05) is 31.3 Å². The van der Waals surface area contributed by atoms with E-state index in [-0.39, 0.29) is 0 Å². The number of hydrogen-bond acceptors (Lipinski definition) is 6. The predicted octanol–water partition coefficient (Wildman–Crippen LogP) is 3.31. The Kier molecular flexibility index (Phi) is 5.27. The maximum absolute atomic E-state index is 6.17. The van der Waals surface area contributed by atoms with Crippen molar-refractivity contribution in [2.45, 2.75) is 32.2 Å². The lowest BCUT2D eigenvalue weighted by molar-refractivity contribution is 0.366. The third-order valence-electron chi connectivity index (χ3n) is 3.74. The van der Waals surface area contributed by atoms with Gasteiger partial charge in [0, 0.05) is 30.9 Å². The second-order valence-corrected chi connectivity index (χ2v) is 6.00. The molecule has 0 spiro atoms. The second-order valence-electron chi connectivity index (χ2n) is 5.60. The van der Waals surface area contributed by atoms with Gasteiger partial charge in [0.1, 0.15) is 0 Å². The first-order valence-corrected chi connectivity index (χ1v) is 8.22. The third-order valence-corrected chi connectivity index (χ3v) is 4.07. The van der Waals surface area contributed by atoms with E-state index < -0.39 is 0 Å². The lowest BCUT2D eigenvalue weighted by Gasteiger charge is -2.04. The lowest BCUT2D eigenvalue weighted by Crippen LogP contribution is -2.24. The minimum absolute atomic E-state index is 0.306. The van der Waals surface area contributed by atoms with Crippen LogP contribution in [0.2, 0.25) is 5.02 Å². The van der Waals surface area contributed by atoms with E-state index in [1.165, 1.54) is 0 Å². The molecular formula is C17H19ClN4O2. The number of aromatic nitrogens is 3. The van der Waals surface area contributed by atoms with Crippen LogP contribution in [0.3, 0.4) is 0 Å². The van der Waals surface area contributed by atoms with E-state index in [9.17, 15) is 0 Å². The molecule has 7 heteroatoms. The van der Waals surface area contributed by atoms with Crippen LogP contribution in [-0.2, 0) is 19.3 Å². The highest BCUT2D eigenvalue weighted by Gasteiger charge is 2.13. The minimum atomic E-state index is 0.306. The number of nitrogens with zero attached hydrogens (tertiary/aromatic N) is 3. The van der Waals surface area contributed by atoms with Crippen molar-refractivity contribution in [2.24, 2.45) is 0 Å². The molecule has 0 radical (unpaired) electrons. The fraction of sp³-hybridized carbons (Fsp3) is 0.353. The van der Waals surface area contributed by atoms with E-state index >= 15 is 0 Å². The Morgan fingerprint density at radius 2 is 2.00 bits per heavy atom. The Hall–Kier alpha value is -2.18. The Labute approximate surface area is 145 Å². The molecule has 0 aliphatic heterocycles. The van der Waals surface area contributed by atoms with Crippen molar-refractivity contribution in [1.29, 1.82) is 0 Å². The normalized spacial score (nSPS) is 12.5. The highest BCUT2D eigenvalue weighted by Crippen LogP contribution is 2.28. The molecule has 6 nitrogen and oxygen atoms in total. The molecule has 126 valence electrons. The molecule has 0 amide bonds. The van der Waals surface area contributed by atoms with E-state index in [2.05, 4.69) is 27.4 Å². The molecule has 0 bridgehead atoms. The number of likely N-dealkylation sites (N-methyl/N-ethyl adjacent to an activating group) is 1. The van der Waals surface area contributed by atoms with E-state index in [0.717, 1.165) is 12.0 Å². The van der Waals surface area contributed by atoms with E-state index in [1.54, 1.807) is 6.20 Å². The van der Waals surface area contributed by atoms with Crippen LogP contribution in [0.25, 0.3) is 11.3 Å². The molecule has 24 heavy (non-hydrogen) atoms. The average Bonchev–Trinajstić information content (AvgIpc) is 3.22. The van der Waals surface area contributed by atoms with Crippen molar-refractivity contribution >= 4 is 11.6 Å². The molecule has 2 aromatic heterocycles. The first-order chi connectivity index (χ1) is 11.7. The summed E-state index contributed by atoms with van der Waals surface area (Å²) < 4.78 is 11.0. The number of halogens is 1. The standard InChI is InChI=1S/C17H19ClN4O2/c1-11(19-2)9-15-21-17(24-22-15)8-7-16-20-10-14(23-16)12-5-3-4-6-13(12)18/h3-6,10-11,19H,7-9H2,1-2H3. The Balaban J connectivity index is 1.61. The molecule has 1 atom stereocenters. The number of aryl methyl sites for hydroxylation is 2. The van der Waals surface area contributed by atoms with Crippen LogP contribution in [0, 0.1) is 0 Å². The molecule has 1 aromatic carbocycles. The highest BCUT2D eigenvalue weighted by molar-refractivity contribution is 6.33. The average molecular weight is 347 g/mol. The molecule has 2 heterocycles. The molecule has 1 unspecified atom stereocenters. The van der Waals surface area contributed by atoms with Gasteiger partial charge in [-0.3, -0.25) is 0 Å². The Bertz CT molecular complexity index is 799. The van der Waals surface area contributed by atoms with Crippen molar-refractivity contribution < 1.29 is 8.94 Å². The molecule has 3 aromatic rings. The zero-order chi connectivity index (χ0) is 16.9. The lowest BCUT2D eigenvalue weighted by atomic mass is 10.2. The van der Waals surface area contributed by atoms with Crippen LogP contribution in [-0.4, -0.2) is 28.2 Å². The molecule has 0 aliphatic rings. The molecule has 3 rings (SSSR count). The van der Waals surface area contributed by atoms with Crippen molar-refractivity contribution in [3.05, 3.63) is 53.1 Å². The van der Waals surface area contributed by atoms with Gasteiger partial charge < -0.3 is 14.3 Å². The minimum Gasteiger partial charge on any atom is -0.441 e. The van der Waals surface area contributed by atoms with Gasteiger partial charge in [-0.05, 0) is 26.1 Å². The number of rotatable bonds is 7. The van der Waals surface area contributed by atoms with Gasteiger partial charge in [-0.15, -0.1) is 0 Å². The number of nitrogens with one attached hydrogen (secondary N) is 1. The molecule has 0 saturated carbocycles. The molecular weight excluding hydrogens is 328 g/mol.